The molecule has 0 bridgehead atoms. The quantitative estimate of drug-likeness (QED) is 0.820. The molecule has 106 valence electrons. The summed E-state index contributed by atoms with van der Waals surface area (Å²) in [6.45, 7) is 5.75. The smallest absolute Gasteiger partial charge is 0.134 e. The van der Waals surface area contributed by atoms with Gasteiger partial charge in [0.25, 0.3) is 0 Å². The second-order valence-corrected chi connectivity index (χ2v) is 6.18. The standard InChI is InChI=1S/C14H25N5/c1-14(2,8-15)9-16-12-7-13(18-10-17-12)19(3)11-5-4-6-11/h7,10-11H,4-6,8-9,15H2,1-3H3,(H,16,17,18). The Morgan fingerprint density at radius 3 is 2.74 bits per heavy atom. The highest BCUT2D eigenvalue weighted by molar-refractivity contribution is 5.48. The second kappa shape index (κ2) is 5.74. The van der Waals surface area contributed by atoms with Gasteiger partial charge in [-0.15, -0.1) is 0 Å². The first-order valence-corrected chi connectivity index (χ1v) is 7.01. The summed E-state index contributed by atoms with van der Waals surface area (Å²) in [7, 11) is 2.11. The molecule has 0 unspecified atom stereocenters. The maximum atomic E-state index is 5.73. The zero-order valence-corrected chi connectivity index (χ0v) is 12.2. The third-order valence-corrected chi connectivity index (χ3v) is 3.94. The Bertz CT molecular complexity index is 414. The van der Waals surface area contributed by atoms with Gasteiger partial charge in [0.2, 0.25) is 0 Å². The van der Waals surface area contributed by atoms with Crippen molar-refractivity contribution in [2.24, 2.45) is 11.1 Å². The van der Waals surface area contributed by atoms with Gasteiger partial charge in [-0.3, -0.25) is 0 Å². The molecule has 5 nitrogen and oxygen atoms in total. The summed E-state index contributed by atoms with van der Waals surface area (Å²) in [5.74, 6) is 1.87. The summed E-state index contributed by atoms with van der Waals surface area (Å²) in [6.07, 6.45) is 5.49. The van der Waals surface area contributed by atoms with Gasteiger partial charge in [0.05, 0.1) is 0 Å². The summed E-state index contributed by atoms with van der Waals surface area (Å²) in [6, 6.07) is 2.66. The zero-order chi connectivity index (χ0) is 13.9. The summed E-state index contributed by atoms with van der Waals surface area (Å²) in [5.41, 5.74) is 5.81. The molecule has 1 aromatic rings. The largest absolute Gasteiger partial charge is 0.369 e. The molecule has 1 aliphatic rings. The Morgan fingerprint density at radius 2 is 2.16 bits per heavy atom. The van der Waals surface area contributed by atoms with E-state index < -0.39 is 0 Å². The summed E-state index contributed by atoms with van der Waals surface area (Å²) < 4.78 is 0. The van der Waals surface area contributed by atoms with Gasteiger partial charge in [-0.25, -0.2) is 9.97 Å². The van der Waals surface area contributed by atoms with Crippen molar-refractivity contribution >= 4 is 11.6 Å². The van der Waals surface area contributed by atoms with Gasteiger partial charge in [-0.05, 0) is 31.2 Å². The van der Waals surface area contributed by atoms with Crippen LogP contribution in [0.4, 0.5) is 11.6 Å². The van der Waals surface area contributed by atoms with Crippen LogP contribution in [-0.2, 0) is 0 Å². The molecule has 1 fully saturated rings. The van der Waals surface area contributed by atoms with Gasteiger partial charge in [0, 0.05) is 25.7 Å². The number of hydrogen-bond acceptors (Lipinski definition) is 5. The van der Waals surface area contributed by atoms with Crippen LogP contribution in [0.3, 0.4) is 0 Å². The molecule has 2 rings (SSSR count). The van der Waals surface area contributed by atoms with Crippen LogP contribution < -0.4 is 16.0 Å². The van der Waals surface area contributed by atoms with Crippen LogP contribution in [0.2, 0.25) is 0 Å². The Kier molecular flexibility index (Phi) is 4.24. The zero-order valence-electron chi connectivity index (χ0n) is 12.2. The molecular weight excluding hydrogens is 238 g/mol. The molecule has 5 heteroatoms. The van der Waals surface area contributed by atoms with E-state index in [4.69, 9.17) is 5.73 Å². The summed E-state index contributed by atoms with van der Waals surface area (Å²) in [4.78, 5) is 10.9. The van der Waals surface area contributed by atoms with Crippen molar-refractivity contribution in [3.8, 4) is 0 Å². The van der Waals surface area contributed by atoms with E-state index in [1.807, 2.05) is 6.07 Å². The molecule has 0 spiro atoms. The lowest BCUT2D eigenvalue weighted by Crippen LogP contribution is -2.37. The fourth-order valence-electron chi connectivity index (χ4n) is 2.00. The van der Waals surface area contributed by atoms with Crippen molar-refractivity contribution in [3.63, 3.8) is 0 Å². The molecule has 0 amide bonds. The van der Waals surface area contributed by atoms with Crippen molar-refractivity contribution in [2.45, 2.75) is 39.2 Å². The third kappa shape index (κ3) is 3.56. The van der Waals surface area contributed by atoms with Crippen LogP contribution in [0, 0.1) is 5.41 Å². The molecule has 0 atom stereocenters. The van der Waals surface area contributed by atoms with E-state index in [1.165, 1.54) is 19.3 Å². The van der Waals surface area contributed by atoms with E-state index in [-0.39, 0.29) is 5.41 Å². The van der Waals surface area contributed by atoms with E-state index in [2.05, 4.69) is 41.1 Å². The number of nitrogens with two attached hydrogens (primary N) is 1. The van der Waals surface area contributed by atoms with Crippen molar-refractivity contribution in [1.29, 1.82) is 0 Å². The number of aromatic nitrogens is 2. The predicted octanol–water partition coefficient (Wildman–Crippen LogP) is 1.86. The Morgan fingerprint density at radius 1 is 1.42 bits per heavy atom. The van der Waals surface area contributed by atoms with Crippen molar-refractivity contribution in [2.75, 3.05) is 30.4 Å². The van der Waals surface area contributed by atoms with Gasteiger partial charge < -0.3 is 16.0 Å². The molecule has 1 saturated carbocycles. The number of rotatable bonds is 6. The first-order valence-electron chi connectivity index (χ1n) is 7.01. The predicted molar refractivity (Wildman–Crippen MR) is 79.4 cm³/mol. The fraction of sp³-hybridized carbons (Fsp3) is 0.714. The molecule has 0 aromatic carbocycles. The van der Waals surface area contributed by atoms with Gasteiger partial charge >= 0.3 is 0 Å². The number of anilines is 2. The normalized spacial score (nSPS) is 16.0. The lowest BCUT2D eigenvalue weighted by atomic mass is 9.92. The minimum atomic E-state index is 0.0744. The van der Waals surface area contributed by atoms with E-state index in [1.54, 1.807) is 6.33 Å². The van der Waals surface area contributed by atoms with Crippen molar-refractivity contribution in [3.05, 3.63) is 12.4 Å². The average molecular weight is 263 g/mol. The molecule has 1 heterocycles. The number of hydrogen-bond donors (Lipinski definition) is 2. The van der Waals surface area contributed by atoms with E-state index in [0.717, 1.165) is 18.2 Å². The summed E-state index contributed by atoms with van der Waals surface area (Å²) in [5, 5.41) is 3.35. The lowest BCUT2D eigenvalue weighted by molar-refractivity contribution is 0.399. The second-order valence-electron chi connectivity index (χ2n) is 6.18. The van der Waals surface area contributed by atoms with Crippen LogP contribution in [0.1, 0.15) is 33.1 Å². The minimum Gasteiger partial charge on any atom is -0.369 e. The molecule has 0 radical (unpaired) electrons. The third-order valence-electron chi connectivity index (χ3n) is 3.94. The Balaban J connectivity index is 1.98. The maximum absolute atomic E-state index is 5.73. The van der Waals surface area contributed by atoms with Gasteiger partial charge in [-0.2, -0.15) is 0 Å². The highest BCUT2D eigenvalue weighted by Gasteiger charge is 2.23. The van der Waals surface area contributed by atoms with Gasteiger partial charge in [-0.1, -0.05) is 13.8 Å². The van der Waals surface area contributed by atoms with Crippen LogP contribution in [0.15, 0.2) is 12.4 Å². The summed E-state index contributed by atoms with van der Waals surface area (Å²) >= 11 is 0. The number of nitrogens with zero attached hydrogens (tertiary/aromatic N) is 3. The van der Waals surface area contributed by atoms with E-state index in [9.17, 15) is 0 Å². The Labute approximate surface area is 115 Å². The lowest BCUT2D eigenvalue weighted by Gasteiger charge is -2.35. The van der Waals surface area contributed by atoms with Crippen molar-refractivity contribution in [1.82, 2.24) is 9.97 Å². The van der Waals surface area contributed by atoms with Crippen LogP contribution in [-0.4, -0.2) is 36.1 Å². The molecule has 19 heavy (non-hydrogen) atoms. The Hall–Kier alpha value is -1.36. The van der Waals surface area contributed by atoms with Crippen LogP contribution in [0.25, 0.3) is 0 Å². The SMILES string of the molecule is CN(c1cc(NCC(C)(C)CN)ncn1)C1CCC1. The molecular formula is C14H25N5. The molecule has 0 aliphatic heterocycles. The topological polar surface area (TPSA) is 67.1 Å². The first-order chi connectivity index (χ1) is 9.02. The molecule has 3 N–H and O–H groups in total. The first kappa shape index (κ1) is 14.1. The highest BCUT2D eigenvalue weighted by atomic mass is 15.2. The van der Waals surface area contributed by atoms with E-state index in [0.29, 0.717) is 12.6 Å². The van der Waals surface area contributed by atoms with Gasteiger partial charge in [0.1, 0.15) is 18.0 Å². The monoisotopic (exact) mass is 263 g/mol. The van der Waals surface area contributed by atoms with Crippen molar-refractivity contribution < 1.29 is 0 Å². The minimum absolute atomic E-state index is 0.0744. The van der Waals surface area contributed by atoms with E-state index >= 15 is 0 Å². The highest BCUT2D eigenvalue weighted by Crippen LogP contribution is 2.27. The fourth-order valence-corrected chi connectivity index (χ4v) is 2.00. The molecule has 0 saturated heterocycles. The molecule has 1 aromatic heterocycles. The average Bonchev–Trinajstić information content (AvgIpc) is 2.35. The van der Waals surface area contributed by atoms with Gasteiger partial charge in [0.15, 0.2) is 0 Å². The number of nitrogens with one attached hydrogen (secondary N) is 1. The molecule has 1 aliphatic carbocycles. The van der Waals surface area contributed by atoms with Crippen LogP contribution in [0.5, 0.6) is 0 Å². The van der Waals surface area contributed by atoms with Crippen LogP contribution >= 0.6 is 0 Å². The maximum Gasteiger partial charge on any atom is 0.134 e.